The number of carbonyl (C=O) groups excluding carboxylic acids is 1. The van der Waals surface area contributed by atoms with Crippen LogP contribution in [0.3, 0.4) is 0 Å². The van der Waals surface area contributed by atoms with E-state index >= 15 is 0 Å². The van der Waals surface area contributed by atoms with Gasteiger partial charge in [0, 0.05) is 0 Å². The molecule has 0 aliphatic heterocycles. The fourth-order valence-corrected chi connectivity index (χ4v) is 2.39. The van der Waals surface area contributed by atoms with E-state index in [4.69, 9.17) is 8.83 Å². The van der Waals surface area contributed by atoms with Gasteiger partial charge in [-0.3, -0.25) is 4.79 Å². The highest BCUT2D eigenvalue weighted by molar-refractivity contribution is 7.99. The highest BCUT2D eigenvalue weighted by Gasteiger charge is 2.08. The monoisotopic (exact) mass is 315 g/mol. The third kappa shape index (κ3) is 3.56. The number of furan rings is 1. The molecule has 3 rings (SSSR count). The van der Waals surface area contributed by atoms with E-state index in [1.165, 1.54) is 18.0 Å². The summed E-state index contributed by atoms with van der Waals surface area (Å²) in [5, 5.41) is 4.29. The van der Waals surface area contributed by atoms with Gasteiger partial charge in [0.05, 0.1) is 12.0 Å². The zero-order valence-corrected chi connectivity index (χ0v) is 12.6. The van der Waals surface area contributed by atoms with Crippen molar-refractivity contribution in [3.8, 4) is 0 Å². The number of fused-ring (bicyclic) bond motifs is 1. The molecule has 1 N–H and O–H groups in total. The van der Waals surface area contributed by atoms with Crippen LogP contribution in [0.5, 0.6) is 0 Å². The first-order chi connectivity index (χ1) is 10.7. The van der Waals surface area contributed by atoms with E-state index in [-0.39, 0.29) is 11.7 Å². The fraction of sp³-hybridized carbons (Fsp3) is 0.133. The van der Waals surface area contributed by atoms with E-state index in [1.54, 1.807) is 6.07 Å². The average molecular weight is 315 g/mol. The Morgan fingerprint density at radius 2 is 2.18 bits per heavy atom. The second-order valence-electron chi connectivity index (χ2n) is 4.48. The van der Waals surface area contributed by atoms with Gasteiger partial charge in [-0.1, -0.05) is 23.9 Å². The summed E-state index contributed by atoms with van der Waals surface area (Å²) in [5.74, 6) is 1.30. The van der Waals surface area contributed by atoms with Crippen molar-refractivity contribution in [2.75, 3.05) is 5.75 Å². The standard InChI is InChI=1S/C15H13N3O3S/c1-10-6-7-11(20-10)8-16-18-14(19)9-22-15-17-12-4-2-3-5-13(12)21-15/h2-8H,9H2,1H3,(H,18,19). The number of oxazole rings is 1. The van der Waals surface area contributed by atoms with Crippen molar-refractivity contribution in [2.24, 2.45) is 5.10 Å². The van der Waals surface area contributed by atoms with Crippen LogP contribution < -0.4 is 5.43 Å². The van der Waals surface area contributed by atoms with Crippen molar-refractivity contribution in [1.82, 2.24) is 10.4 Å². The Kier molecular flexibility index (Phi) is 4.24. The average Bonchev–Trinajstić information content (AvgIpc) is 3.11. The molecule has 6 nitrogen and oxygen atoms in total. The fourth-order valence-electron chi connectivity index (χ4n) is 1.76. The number of aryl methyl sites for hydroxylation is 1. The van der Waals surface area contributed by atoms with Crippen LogP contribution in [0.1, 0.15) is 11.5 Å². The van der Waals surface area contributed by atoms with E-state index in [2.05, 4.69) is 15.5 Å². The van der Waals surface area contributed by atoms with Gasteiger partial charge in [-0.2, -0.15) is 5.10 Å². The Balaban J connectivity index is 1.50. The van der Waals surface area contributed by atoms with Crippen LogP contribution in [-0.4, -0.2) is 22.9 Å². The van der Waals surface area contributed by atoms with Crippen molar-refractivity contribution in [2.45, 2.75) is 12.1 Å². The quantitative estimate of drug-likeness (QED) is 0.445. The summed E-state index contributed by atoms with van der Waals surface area (Å²) in [6.45, 7) is 1.84. The van der Waals surface area contributed by atoms with Crippen LogP contribution in [0.4, 0.5) is 0 Å². The number of hydrogen-bond donors (Lipinski definition) is 1. The number of amides is 1. The topological polar surface area (TPSA) is 80.6 Å². The van der Waals surface area contributed by atoms with Crippen molar-refractivity contribution >= 4 is 35.0 Å². The molecule has 1 amide bonds. The van der Waals surface area contributed by atoms with Crippen LogP contribution in [0.2, 0.25) is 0 Å². The molecule has 0 fully saturated rings. The number of aromatic nitrogens is 1. The van der Waals surface area contributed by atoms with E-state index in [0.29, 0.717) is 16.6 Å². The Morgan fingerprint density at radius 3 is 2.95 bits per heavy atom. The Hall–Kier alpha value is -2.54. The first-order valence-electron chi connectivity index (χ1n) is 6.57. The summed E-state index contributed by atoms with van der Waals surface area (Å²) >= 11 is 1.22. The lowest BCUT2D eigenvalue weighted by Gasteiger charge is -1.96. The van der Waals surface area contributed by atoms with Crippen molar-refractivity contribution in [3.05, 3.63) is 47.9 Å². The van der Waals surface area contributed by atoms with Gasteiger partial charge in [-0.05, 0) is 31.2 Å². The Bertz CT molecular complexity index is 789. The normalized spacial score (nSPS) is 11.3. The van der Waals surface area contributed by atoms with E-state index in [1.807, 2.05) is 37.3 Å². The molecular weight excluding hydrogens is 302 g/mol. The molecule has 22 heavy (non-hydrogen) atoms. The van der Waals surface area contributed by atoms with Gasteiger partial charge >= 0.3 is 0 Å². The van der Waals surface area contributed by atoms with Gasteiger partial charge in [0.1, 0.15) is 17.0 Å². The first kappa shape index (κ1) is 14.4. The molecule has 0 aliphatic rings. The Morgan fingerprint density at radius 1 is 1.32 bits per heavy atom. The molecule has 0 saturated heterocycles. The maximum absolute atomic E-state index is 11.7. The molecule has 7 heteroatoms. The Labute approximate surface area is 130 Å². The second-order valence-corrected chi connectivity index (χ2v) is 5.40. The number of para-hydroxylation sites is 2. The number of hydrazone groups is 1. The van der Waals surface area contributed by atoms with Crippen molar-refractivity contribution in [1.29, 1.82) is 0 Å². The minimum Gasteiger partial charge on any atom is -0.460 e. The third-order valence-electron chi connectivity index (χ3n) is 2.74. The number of nitrogens with zero attached hydrogens (tertiary/aromatic N) is 2. The highest BCUT2D eigenvalue weighted by Crippen LogP contribution is 2.22. The van der Waals surface area contributed by atoms with Gasteiger partial charge in [0.15, 0.2) is 5.58 Å². The molecule has 0 spiro atoms. The van der Waals surface area contributed by atoms with Crippen LogP contribution in [0.25, 0.3) is 11.1 Å². The predicted octanol–water partition coefficient (Wildman–Crippen LogP) is 2.97. The van der Waals surface area contributed by atoms with Crippen LogP contribution in [0, 0.1) is 6.92 Å². The van der Waals surface area contributed by atoms with Gasteiger partial charge < -0.3 is 8.83 Å². The third-order valence-corrected chi connectivity index (χ3v) is 3.57. The second kappa shape index (κ2) is 6.48. The summed E-state index contributed by atoms with van der Waals surface area (Å²) in [4.78, 5) is 16.0. The number of benzene rings is 1. The molecule has 2 aromatic heterocycles. The molecule has 0 atom stereocenters. The van der Waals surface area contributed by atoms with Gasteiger partial charge in [-0.15, -0.1) is 0 Å². The molecule has 2 heterocycles. The highest BCUT2D eigenvalue weighted by atomic mass is 32.2. The molecular formula is C15H13N3O3S. The molecule has 0 aliphatic carbocycles. The predicted molar refractivity (Wildman–Crippen MR) is 83.9 cm³/mol. The molecule has 0 radical (unpaired) electrons. The zero-order chi connectivity index (χ0) is 15.4. The van der Waals surface area contributed by atoms with Crippen LogP contribution in [0.15, 0.2) is 55.6 Å². The molecule has 112 valence electrons. The van der Waals surface area contributed by atoms with Crippen molar-refractivity contribution in [3.63, 3.8) is 0 Å². The minimum atomic E-state index is -0.244. The number of hydrogen-bond acceptors (Lipinski definition) is 6. The zero-order valence-electron chi connectivity index (χ0n) is 11.8. The SMILES string of the molecule is Cc1ccc(C=NNC(=O)CSc2nc3ccccc3o2)o1. The van der Waals surface area contributed by atoms with Gasteiger partial charge in [0.25, 0.3) is 11.1 Å². The lowest BCUT2D eigenvalue weighted by atomic mass is 10.3. The molecule has 3 aromatic rings. The smallest absolute Gasteiger partial charge is 0.257 e. The minimum absolute atomic E-state index is 0.168. The largest absolute Gasteiger partial charge is 0.460 e. The molecule has 1 aromatic carbocycles. The van der Waals surface area contributed by atoms with Crippen LogP contribution in [-0.2, 0) is 4.79 Å². The van der Waals surface area contributed by atoms with E-state index in [0.717, 1.165) is 11.3 Å². The van der Waals surface area contributed by atoms with Crippen LogP contribution >= 0.6 is 11.8 Å². The number of nitrogens with one attached hydrogen (secondary N) is 1. The number of thioether (sulfide) groups is 1. The lowest BCUT2D eigenvalue weighted by Crippen LogP contribution is -2.19. The maximum atomic E-state index is 11.7. The van der Waals surface area contributed by atoms with Crippen molar-refractivity contribution < 1.29 is 13.6 Å². The molecule has 0 unspecified atom stereocenters. The summed E-state index contributed by atoms with van der Waals surface area (Å²) in [6, 6.07) is 11.1. The molecule has 0 bridgehead atoms. The number of rotatable bonds is 5. The van der Waals surface area contributed by atoms with Gasteiger partial charge in [-0.25, -0.2) is 10.4 Å². The lowest BCUT2D eigenvalue weighted by molar-refractivity contribution is -0.118. The number of carbonyl (C=O) groups is 1. The maximum Gasteiger partial charge on any atom is 0.257 e. The van der Waals surface area contributed by atoms with Gasteiger partial charge in [0.2, 0.25) is 0 Å². The summed E-state index contributed by atoms with van der Waals surface area (Å²) in [7, 11) is 0. The summed E-state index contributed by atoms with van der Waals surface area (Å²) in [6.07, 6.45) is 1.45. The van der Waals surface area contributed by atoms with E-state index < -0.39 is 0 Å². The summed E-state index contributed by atoms with van der Waals surface area (Å²) in [5.41, 5.74) is 3.90. The molecule has 0 saturated carbocycles. The van der Waals surface area contributed by atoms with E-state index in [9.17, 15) is 4.79 Å². The first-order valence-corrected chi connectivity index (χ1v) is 7.56. The summed E-state index contributed by atoms with van der Waals surface area (Å²) < 4.78 is 10.8.